The first-order valence-corrected chi connectivity index (χ1v) is 10.0. The number of amides is 3. The second-order valence-corrected chi connectivity index (χ2v) is 7.69. The summed E-state index contributed by atoms with van der Waals surface area (Å²) in [6, 6.07) is 2.66. The van der Waals surface area contributed by atoms with Crippen LogP contribution < -0.4 is 10.6 Å². The summed E-state index contributed by atoms with van der Waals surface area (Å²) in [5.74, 6) is -2.73. The number of phenols is 2. The van der Waals surface area contributed by atoms with E-state index >= 15 is 0 Å². The van der Waals surface area contributed by atoms with Crippen molar-refractivity contribution in [2.45, 2.75) is 44.9 Å². The minimum Gasteiger partial charge on any atom is -0.504 e. The highest BCUT2D eigenvalue weighted by Crippen LogP contribution is 2.31. The van der Waals surface area contributed by atoms with Crippen LogP contribution in [0.5, 0.6) is 11.5 Å². The summed E-state index contributed by atoms with van der Waals surface area (Å²) < 4.78 is 5.57. The molecule has 11 heteroatoms. The van der Waals surface area contributed by atoms with E-state index in [1.807, 2.05) is 0 Å². The fourth-order valence-corrected chi connectivity index (χ4v) is 3.37. The molecule has 2 heterocycles. The molecule has 4 atom stereocenters. The van der Waals surface area contributed by atoms with Gasteiger partial charge < -0.3 is 25.6 Å². The van der Waals surface area contributed by atoms with E-state index in [0.29, 0.717) is 17.9 Å². The second-order valence-electron chi connectivity index (χ2n) is 7.69. The van der Waals surface area contributed by atoms with Gasteiger partial charge in [0.25, 0.3) is 5.91 Å². The van der Waals surface area contributed by atoms with E-state index in [2.05, 4.69) is 15.6 Å². The molecule has 5 N–H and O–H groups in total. The number of nitrogens with one attached hydrogen (secondary N) is 2. The third-order valence-corrected chi connectivity index (χ3v) is 5.27. The maximum Gasteiger partial charge on any atom is 0.268 e. The maximum absolute atomic E-state index is 12.6. The van der Waals surface area contributed by atoms with E-state index in [1.165, 1.54) is 18.2 Å². The number of carbonyl (C=O) groups excluding carboxylic acids is 3. The predicted molar refractivity (Wildman–Crippen MR) is 107 cm³/mol. The number of para-hydroxylation sites is 1. The van der Waals surface area contributed by atoms with Crippen LogP contribution >= 0.6 is 0 Å². The Morgan fingerprint density at radius 2 is 2.10 bits per heavy atom. The molecule has 0 unspecified atom stereocenters. The van der Waals surface area contributed by atoms with Crippen LogP contribution in [0.4, 0.5) is 0 Å². The second kappa shape index (κ2) is 9.21. The first-order valence-electron chi connectivity index (χ1n) is 10.0. The van der Waals surface area contributed by atoms with Crippen molar-refractivity contribution in [3.63, 3.8) is 0 Å². The van der Waals surface area contributed by atoms with Gasteiger partial charge in [0.05, 0.1) is 11.5 Å². The van der Waals surface area contributed by atoms with E-state index in [4.69, 9.17) is 4.74 Å². The lowest BCUT2D eigenvalue weighted by Gasteiger charge is -2.28. The Morgan fingerprint density at radius 3 is 2.84 bits per heavy atom. The normalized spacial score (nSPS) is 24.2. The highest BCUT2D eigenvalue weighted by atomic mass is 16.5. The summed E-state index contributed by atoms with van der Waals surface area (Å²) in [6.07, 6.45) is 0.403. The number of hydrogen-bond acceptors (Lipinski definition) is 8. The number of benzene rings is 1. The molecule has 0 radical (unpaired) electrons. The van der Waals surface area contributed by atoms with Crippen LogP contribution in [0.3, 0.4) is 0 Å². The van der Waals surface area contributed by atoms with E-state index in [-0.39, 0.29) is 30.3 Å². The first kappa shape index (κ1) is 22.3. The van der Waals surface area contributed by atoms with Crippen molar-refractivity contribution < 1.29 is 34.5 Å². The minimum absolute atomic E-state index is 0.0138. The molecule has 0 spiro atoms. The molecule has 2 aliphatic heterocycles. The van der Waals surface area contributed by atoms with Gasteiger partial charge in [-0.1, -0.05) is 13.0 Å². The van der Waals surface area contributed by atoms with Gasteiger partial charge >= 0.3 is 0 Å². The molecule has 3 rings (SSSR count). The lowest BCUT2D eigenvalue weighted by molar-refractivity contribution is -0.173. The third-order valence-electron chi connectivity index (χ3n) is 5.27. The number of rotatable bonds is 6. The molecule has 1 saturated heterocycles. The zero-order valence-electron chi connectivity index (χ0n) is 17.2. The summed E-state index contributed by atoms with van der Waals surface area (Å²) in [5.41, 5.74) is 0.171. The summed E-state index contributed by atoms with van der Waals surface area (Å²) in [6.45, 7) is 3.50. The zero-order valence-corrected chi connectivity index (χ0v) is 17.2. The number of nitrogens with zero attached hydrogens (tertiary/aromatic N) is 2. The third kappa shape index (κ3) is 4.88. The predicted octanol–water partition coefficient (Wildman–Crippen LogP) is -0.120. The summed E-state index contributed by atoms with van der Waals surface area (Å²) in [5, 5.41) is 34.9. The van der Waals surface area contributed by atoms with Crippen molar-refractivity contribution in [3.8, 4) is 11.5 Å². The van der Waals surface area contributed by atoms with Gasteiger partial charge in [-0.25, -0.2) is 10.1 Å². The Balaban J connectivity index is 1.56. The molecule has 2 aliphatic rings. The number of piperidine rings is 1. The molecule has 1 aromatic rings. The molecule has 168 valence electrons. The molecule has 0 bridgehead atoms. The van der Waals surface area contributed by atoms with Gasteiger partial charge in [0.1, 0.15) is 12.1 Å². The zero-order chi connectivity index (χ0) is 22.7. The maximum atomic E-state index is 12.6. The van der Waals surface area contributed by atoms with Crippen molar-refractivity contribution in [2.24, 2.45) is 10.9 Å². The number of hydroxylamine groups is 2. The SMILES string of the molecule is C[C@@H](CNC(=O)[C@H]1N=C(c2cccc(O)c2O)O[C@@H]1C)C(=O)N[C@@H]1CCCN(O)C1=O. The van der Waals surface area contributed by atoms with Crippen molar-refractivity contribution in [1.82, 2.24) is 15.7 Å². The van der Waals surface area contributed by atoms with Crippen LogP contribution in [-0.4, -0.2) is 75.4 Å². The van der Waals surface area contributed by atoms with Crippen LogP contribution in [0, 0.1) is 5.92 Å². The molecular weight excluding hydrogens is 408 g/mol. The Bertz CT molecular complexity index is 904. The van der Waals surface area contributed by atoms with Gasteiger partial charge in [-0.2, -0.15) is 0 Å². The summed E-state index contributed by atoms with van der Waals surface area (Å²) in [7, 11) is 0. The lowest BCUT2D eigenvalue weighted by Crippen LogP contribution is -2.53. The Kier molecular flexibility index (Phi) is 6.64. The molecule has 3 amide bonds. The Morgan fingerprint density at radius 1 is 1.35 bits per heavy atom. The van der Waals surface area contributed by atoms with Gasteiger partial charge in [-0.05, 0) is 31.9 Å². The summed E-state index contributed by atoms with van der Waals surface area (Å²) in [4.78, 5) is 41.0. The quantitative estimate of drug-likeness (QED) is 0.308. The average molecular weight is 434 g/mol. The van der Waals surface area contributed by atoms with E-state index < -0.39 is 47.6 Å². The fourth-order valence-electron chi connectivity index (χ4n) is 3.37. The van der Waals surface area contributed by atoms with E-state index in [0.717, 1.165) is 0 Å². The molecule has 0 saturated carbocycles. The topological polar surface area (TPSA) is 161 Å². The van der Waals surface area contributed by atoms with Gasteiger partial charge in [0.2, 0.25) is 17.7 Å². The van der Waals surface area contributed by atoms with Gasteiger partial charge in [-0.3, -0.25) is 19.6 Å². The van der Waals surface area contributed by atoms with Crippen LogP contribution in [0.2, 0.25) is 0 Å². The molecule has 31 heavy (non-hydrogen) atoms. The van der Waals surface area contributed by atoms with Crippen LogP contribution in [0.1, 0.15) is 32.3 Å². The molecule has 1 aromatic carbocycles. The van der Waals surface area contributed by atoms with Gasteiger partial charge in [-0.15, -0.1) is 0 Å². The first-order chi connectivity index (χ1) is 14.7. The molecular formula is C20H26N4O7. The van der Waals surface area contributed by atoms with Crippen molar-refractivity contribution >= 4 is 23.6 Å². The van der Waals surface area contributed by atoms with E-state index in [9.17, 15) is 29.8 Å². The average Bonchev–Trinajstić information content (AvgIpc) is 3.12. The molecule has 0 aromatic heterocycles. The lowest BCUT2D eigenvalue weighted by atomic mass is 10.0. The Labute approximate surface area is 178 Å². The minimum atomic E-state index is -0.894. The van der Waals surface area contributed by atoms with Gasteiger partial charge in [0.15, 0.2) is 17.5 Å². The van der Waals surface area contributed by atoms with Crippen LogP contribution in [-0.2, 0) is 19.1 Å². The van der Waals surface area contributed by atoms with Crippen molar-refractivity contribution in [1.29, 1.82) is 0 Å². The number of phenolic OH excluding ortho intramolecular Hbond substituents is 2. The Hall–Kier alpha value is -3.34. The standard InChI is InChI=1S/C20H26N4O7/c1-10(17(27)22-13-6-4-8-24(30)20(13)29)9-21-18(28)15-11(2)31-19(23-15)12-5-3-7-14(25)16(12)26/h3,5,7,10-11,13,15,25-26,30H,4,6,8-9H2,1-2H3,(H,21,28)(H,22,27)/t10-,11+,13+,15-/m0/s1. The molecule has 1 fully saturated rings. The van der Waals surface area contributed by atoms with E-state index in [1.54, 1.807) is 13.8 Å². The van der Waals surface area contributed by atoms with Crippen LogP contribution in [0.25, 0.3) is 0 Å². The summed E-state index contributed by atoms with van der Waals surface area (Å²) >= 11 is 0. The highest BCUT2D eigenvalue weighted by molar-refractivity contribution is 6.01. The number of ether oxygens (including phenoxy) is 1. The number of aliphatic imine (C=N–C) groups is 1. The monoisotopic (exact) mass is 434 g/mol. The van der Waals surface area contributed by atoms with Crippen LogP contribution in [0.15, 0.2) is 23.2 Å². The number of aromatic hydroxyl groups is 2. The molecule has 0 aliphatic carbocycles. The molecule has 11 nitrogen and oxygen atoms in total. The smallest absolute Gasteiger partial charge is 0.268 e. The fraction of sp³-hybridized carbons (Fsp3) is 0.500. The highest BCUT2D eigenvalue weighted by Gasteiger charge is 2.35. The van der Waals surface area contributed by atoms with Gasteiger partial charge in [0, 0.05) is 13.1 Å². The number of hydrogen-bond donors (Lipinski definition) is 5. The van der Waals surface area contributed by atoms with Crippen molar-refractivity contribution in [3.05, 3.63) is 23.8 Å². The number of carbonyl (C=O) groups is 3. The largest absolute Gasteiger partial charge is 0.504 e. The van der Waals surface area contributed by atoms with Crippen molar-refractivity contribution in [2.75, 3.05) is 13.1 Å².